The van der Waals surface area contributed by atoms with Crippen LogP contribution in [0.4, 0.5) is 11.4 Å². The summed E-state index contributed by atoms with van der Waals surface area (Å²) in [6.07, 6.45) is 0.686. The highest BCUT2D eigenvalue weighted by molar-refractivity contribution is 7.07. The van der Waals surface area contributed by atoms with Gasteiger partial charge in [0.05, 0.1) is 22.8 Å². The van der Waals surface area contributed by atoms with Crippen LogP contribution in [0.15, 0.2) is 82.2 Å². The van der Waals surface area contributed by atoms with Gasteiger partial charge in [-0.05, 0) is 73.5 Å². The highest BCUT2D eigenvalue weighted by atomic mass is 32.1. The maximum Gasteiger partial charge on any atom is 0.262 e. The van der Waals surface area contributed by atoms with Crippen LogP contribution in [0.25, 0.3) is 11.3 Å². The number of aromatic nitrogens is 1. The van der Waals surface area contributed by atoms with Gasteiger partial charge in [-0.15, -0.1) is 11.3 Å². The van der Waals surface area contributed by atoms with Crippen molar-refractivity contribution in [3.8, 4) is 22.8 Å². The van der Waals surface area contributed by atoms with Crippen LogP contribution in [0.1, 0.15) is 24.5 Å². The summed E-state index contributed by atoms with van der Waals surface area (Å²) in [6.45, 7) is 4.10. The second-order valence-electron chi connectivity index (χ2n) is 8.16. The number of ether oxygens (including phenoxy) is 1. The van der Waals surface area contributed by atoms with Crippen LogP contribution >= 0.6 is 11.3 Å². The number of phenolic OH excluding ortho intramolecular Hbond substituents is 1. The minimum absolute atomic E-state index is 0.0150. The molecule has 0 saturated carbocycles. The zero-order chi connectivity index (χ0) is 24.4. The van der Waals surface area contributed by atoms with E-state index in [0.29, 0.717) is 22.7 Å². The van der Waals surface area contributed by atoms with Gasteiger partial charge >= 0.3 is 0 Å². The third kappa shape index (κ3) is 4.88. The predicted molar refractivity (Wildman–Crippen MR) is 139 cm³/mol. The molecule has 176 valence electrons. The van der Waals surface area contributed by atoms with Gasteiger partial charge in [-0.1, -0.05) is 24.6 Å². The van der Waals surface area contributed by atoms with Crippen LogP contribution in [-0.2, 0) is 4.79 Å². The summed E-state index contributed by atoms with van der Waals surface area (Å²) >= 11 is 1.49. The number of benzene rings is 3. The normalized spacial score (nSPS) is 13.8. The molecule has 1 aromatic heterocycles. The number of phenols is 1. The Balaban J connectivity index is 1.67. The van der Waals surface area contributed by atoms with E-state index in [1.807, 2.05) is 78.5 Å². The van der Waals surface area contributed by atoms with E-state index < -0.39 is 0 Å². The average Bonchev–Trinajstić information content (AvgIpc) is 3.26. The van der Waals surface area contributed by atoms with Gasteiger partial charge in [0.1, 0.15) is 11.5 Å². The summed E-state index contributed by atoms with van der Waals surface area (Å²) in [7, 11) is 0. The van der Waals surface area contributed by atoms with Crippen molar-refractivity contribution >= 4 is 34.3 Å². The lowest BCUT2D eigenvalue weighted by atomic mass is 10.1. The molecule has 5 rings (SSSR count). The number of hydrogen-bond donors (Lipinski definition) is 2. The molecule has 1 amide bonds. The van der Waals surface area contributed by atoms with E-state index in [4.69, 9.17) is 14.8 Å². The third-order valence-electron chi connectivity index (χ3n) is 5.61. The topological polar surface area (TPSA) is 88.2 Å². The van der Waals surface area contributed by atoms with E-state index in [1.54, 1.807) is 12.1 Å². The van der Waals surface area contributed by atoms with Crippen molar-refractivity contribution in [2.75, 3.05) is 11.9 Å². The van der Waals surface area contributed by atoms with Crippen molar-refractivity contribution in [3.63, 3.8) is 0 Å². The van der Waals surface area contributed by atoms with Gasteiger partial charge in [-0.2, -0.15) is 5.10 Å². The molecule has 0 spiro atoms. The number of hydrogen-bond acceptors (Lipinski definition) is 6. The molecule has 3 aromatic carbocycles. The molecule has 0 unspecified atom stereocenters. The number of amides is 1. The molecule has 8 heteroatoms. The van der Waals surface area contributed by atoms with Crippen molar-refractivity contribution in [2.24, 2.45) is 10.1 Å². The molecule has 2 heterocycles. The van der Waals surface area contributed by atoms with E-state index in [0.717, 1.165) is 28.2 Å². The molecule has 1 aliphatic rings. The molecule has 7 nitrogen and oxygen atoms in total. The van der Waals surface area contributed by atoms with Crippen molar-refractivity contribution in [3.05, 3.63) is 88.0 Å². The summed E-state index contributed by atoms with van der Waals surface area (Å²) in [5.41, 5.74) is 6.12. The van der Waals surface area contributed by atoms with Crippen LogP contribution in [0.5, 0.6) is 11.5 Å². The number of nitrogens with zero attached hydrogens (tertiary/aromatic N) is 3. The fraction of sp³-hybridized carbons (Fsp3) is 0.148. The monoisotopic (exact) mass is 484 g/mol. The highest BCUT2D eigenvalue weighted by Gasteiger charge is 2.18. The summed E-state index contributed by atoms with van der Waals surface area (Å²) in [6, 6.07) is 20.7. The smallest absolute Gasteiger partial charge is 0.262 e. The molecular weight excluding hydrogens is 460 g/mol. The first-order valence-electron chi connectivity index (χ1n) is 11.3. The molecule has 35 heavy (non-hydrogen) atoms. The number of nitrogens with one attached hydrogen (secondary N) is 1. The Bertz CT molecular complexity index is 1480. The van der Waals surface area contributed by atoms with Crippen molar-refractivity contribution in [1.82, 2.24) is 4.68 Å². The Hall–Kier alpha value is -4.17. The molecule has 1 aliphatic heterocycles. The number of rotatable bonds is 5. The minimum atomic E-state index is -0.179. The van der Waals surface area contributed by atoms with Crippen LogP contribution < -0.4 is 14.9 Å². The Labute approximate surface area is 206 Å². The average molecular weight is 485 g/mol. The van der Waals surface area contributed by atoms with Gasteiger partial charge < -0.3 is 15.2 Å². The van der Waals surface area contributed by atoms with Crippen LogP contribution in [0.3, 0.4) is 0 Å². The van der Waals surface area contributed by atoms with Crippen LogP contribution in [0, 0.1) is 6.92 Å². The SMILES string of the molecule is CCC(=Nn1c(-c2ccc3c(c2)NC(=O)CO3)csc1=Nc1ccc(C)cc1)c1ccc(O)cc1. The van der Waals surface area contributed by atoms with Gasteiger partial charge in [0.15, 0.2) is 6.61 Å². The number of thiazole rings is 1. The van der Waals surface area contributed by atoms with Gasteiger partial charge in [0, 0.05) is 10.9 Å². The number of aromatic hydroxyl groups is 1. The molecule has 0 saturated heterocycles. The zero-order valence-electron chi connectivity index (χ0n) is 19.4. The number of anilines is 1. The second-order valence-corrected chi connectivity index (χ2v) is 8.99. The largest absolute Gasteiger partial charge is 0.508 e. The number of carbonyl (C=O) groups is 1. The van der Waals surface area contributed by atoms with Gasteiger partial charge in [-0.3, -0.25) is 4.79 Å². The quantitative estimate of drug-likeness (QED) is 0.369. The first-order valence-corrected chi connectivity index (χ1v) is 12.1. The molecule has 0 fully saturated rings. The Kier molecular flexibility index (Phi) is 6.20. The van der Waals surface area contributed by atoms with Crippen LogP contribution in [-0.4, -0.2) is 28.0 Å². The maximum atomic E-state index is 11.8. The van der Waals surface area contributed by atoms with Crippen LogP contribution in [0.2, 0.25) is 0 Å². The molecular formula is C27H24N4O3S. The number of aryl methyl sites for hydroxylation is 1. The summed E-state index contributed by atoms with van der Waals surface area (Å²) < 4.78 is 7.35. The van der Waals surface area contributed by atoms with Gasteiger partial charge in [0.2, 0.25) is 4.80 Å². The fourth-order valence-corrected chi connectivity index (χ4v) is 4.60. The van der Waals surface area contributed by atoms with Crippen molar-refractivity contribution in [1.29, 1.82) is 0 Å². The van der Waals surface area contributed by atoms with Crippen molar-refractivity contribution in [2.45, 2.75) is 20.3 Å². The lowest BCUT2D eigenvalue weighted by Crippen LogP contribution is -2.25. The highest BCUT2D eigenvalue weighted by Crippen LogP contribution is 2.33. The first kappa shape index (κ1) is 22.6. The molecule has 2 N–H and O–H groups in total. The van der Waals surface area contributed by atoms with E-state index in [-0.39, 0.29) is 18.3 Å². The minimum Gasteiger partial charge on any atom is -0.508 e. The van der Waals surface area contributed by atoms with Crippen molar-refractivity contribution < 1.29 is 14.6 Å². The molecule has 0 bridgehead atoms. The third-order valence-corrected chi connectivity index (χ3v) is 6.42. The fourth-order valence-electron chi connectivity index (χ4n) is 3.75. The summed E-state index contributed by atoms with van der Waals surface area (Å²) in [5, 5.41) is 19.6. The predicted octanol–water partition coefficient (Wildman–Crippen LogP) is 5.46. The zero-order valence-corrected chi connectivity index (χ0v) is 20.2. The molecule has 0 atom stereocenters. The lowest BCUT2D eigenvalue weighted by molar-refractivity contribution is -0.118. The molecule has 0 aliphatic carbocycles. The van der Waals surface area contributed by atoms with Gasteiger partial charge in [-0.25, -0.2) is 9.67 Å². The Morgan fingerprint density at radius 1 is 1.11 bits per heavy atom. The second kappa shape index (κ2) is 9.60. The Morgan fingerprint density at radius 3 is 2.63 bits per heavy atom. The first-order chi connectivity index (χ1) is 17.0. The van der Waals surface area contributed by atoms with Gasteiger partial charge in [0.25, 0.3) is 5.91 Å². The summed E-state index contributed by atoms with van der Waals surface area (Å²) in [5.74, 6) is 0.671. The lowest BCUT2D eigenvalue weighted by Gasteiger charge is -2.18. The van der Waals surface area contributed by atoms with E-state index in [1.165, 1.54) is 16.9 Å². The summed E-state index contributed by atoms with van der Waals surface area (Å²) in [4.78, 5) is 17.4. The molecule has 4 aromatic rings. The Morgan fingerprint density at radius 2 is 1.89 bits per heavy atom. The standard InChI is InChI=1S/C27H24N4O3S/c1-3-22(18-6-11-21(32)12-7-18)30-31-24(16-35-27(31)28-20-9-4-17(2)5-10-20)19-8-13-25-23(14-19)29-26(33)15-34-25/h4-14,16,32H,3,15H2,1-2H3,(H,29,33). The number of fused-ring (bicyclic) bond motifs is 1. The maximum absolute atomic E-state index is 11.8. The van der Waals surface area contributed by atoms with E-state index >= 15 is 0 Å². The number of carbonyl (C=O) groups excluding carboxylic acids is 1. The van der Waals surface area contributed by atoms with E-state index in [2.05, 4.69) is 5.32 Å². The van der Waals surface area contributed by atoms with E-state index in [9.17, 15) is 9.90 Å². The molecule has 0 radical (unpaired) electrons.